The lowest BCUT2D eigenvalue weighted by molar-refractivity contribution is -0.143. The molecule has 1 fully saturated rings. The fourth-order valence-corrected chi connectivity index (χ4v) is 2.60. The van der Waals surface area contributed by atoms with Gasteiger partial charge in [-0.3, -0.25) is 9.69 Å². The molecular weight excluding hydrogens is 258 g/mol. The Labute approximate surface area is 119 Å². The monoisotopic (exact) mass is 279 g/mol. The molecule has 20 heavy (non-hydrogen) atoms. The summed E-state index contributed by atoms with van der Waals surface area (Å²) in [4.78, 5) is 13.2. The van der Waals surface area contributed by atoms with Crippen LogP contribution in [0.1, 0.15) is 11.1 Å². The Morgan fingerprint density at radius 3 is 2.90 bits per heavy atom. The van der Waals surface area contributed by atoms with Crippen LogP contribution >= 0.6 is 0 Å². The van der Waals surface area contributed by atoms with Gasteiger partial charge in [0.15, 0.2) is 0 Å². The smallest absolute Gasteiger partial charge is 0.310 e. The molecule has 1 N–H and O–H groups in total. The number of nitrogens with zero attached hydrogens (tertiary/aromatic N) is 1. The van der Waals surface area contributed by atoms with E-state index >= 15 is 0 Å². The highest BCUT2D eigenvalue weighted by molar-refractivity contribution is 5.71. The Kier molecular flexibility index (Phi) is 5.11. The first kappa shape index (κ1) is 15.0. The van der Waals surface area contributed by atoms with Crippen LogP contribution in [0.3, 0.4) is 0 Å². The van der Waals surface area contributed by atoms with Crippen LogP contribution in [0.15, 0.2) is 24.3 Å². The van der Waals surface area contributed by atoms with Crippen molar-refractivity contribution in [2.24, 2.45) is 5.92 Å². The van der Waals surface area contributed by atoms with Gasteiger partial charge in [0.1, 0.15) is 0 Å². The van der Waals surface area contributed by atoms with Crippen LogP contribution in [0.5, 0.6) is 0 Å². The van der Waals surface area contributed by atoms with Crippen molar-refractivity contribution < 1.29 is 19.4 Å². The number of likely N-dealkylation sites (N-methyl/N-ethyl adjacent to an activating group) is 1. The zero-order valence-corrected chi connectivity index (χ0v) is 11.9. The van der Waals surface area contributed by atoms with Crippen molar-refractivity contribution in [2.75, 3.05) is 27.4 Å². The lowest BCUT2D eigenvalue weighted by atomic mass is 10.0. The molecule has 2 atom stereocenters. The summed E-state index contributed by atoms with van der Waals surface area (Å²) in [6.07, 6.45) is 0. The van der Waals surface area contributed by atoms with Crippen molar-refractivity contribution in [3.8, 4) is 0 Å². The molecule has 1 saturated heterocycles. The predicted octanol–water partition coefficient (Wildman–Crippen LogP) is 1.36. The number of methoxy groups -OCH3 is 1. The zero-order valence-electron chi connectivity index (χ0n) is 11.9. The number of carboxylic acid groups (broad SMARTS) is 1. The summed E-state index contributed by atoms with van der Waals surface area (Å²) in [6, 6.07) is 8.08. The SMILES string of the molecule is COCc1cccc(CN(C)C2COCC2C(=O)O)c1. The molecule has 0 saturated carbocycles. The number of carboxylic acids is 1. The number of carbonyl (C=O) groups is 1. The molecule has 2 unspecified atom stereocenters. The number of hydrogen-bond acceptors (Lipinski definition) is 4. The van der Waals surface area contributed by atoms with E-state index in [0.29, 0.717) is 26.4 Å². The molecule has 0 bridgehead atoms. The summed E-state index contributed by atoms with van der Waals surface area (Å²) >= 11 is 0. The van der Waals surface area contributed by atoms with E-state index in [1.165, 1.54) is 0 Å². The van der Waals surface area contributed by atoms with E-state index in [2.05, 4.69) is 11.0 Å². The molecule has 0 aliphatic carbocycles. The van der Waals surface area contributed by atoms with E-state index in [-0.39, 0.29) is 6.04 Å². The molecule has 1 aliphatic heterocycles. The van der Waals surface area contributed by atoms with Crippen LogP contribution in [-0.2, 0) is 27.4 Å². The van der Waals surface area contributed by atoms with E-state index in [1.54, 1.807) is 7.11 Å². The Morgan fingerprint density at radius 1 is 1.45 bits per heavy atom. The van der Waals surface area contributed by atoms with E-state index in [0.717, 1.165) is 11.1 Å². The Balaban J connectivity index is 2.01. The van der Waals surface area contributed by atoms with Crippen LogP contribution in [0.4, 0.5) is 0 Å². The third-order valence-corrected chi connectivity index (χ3v) is 3.67. The van der Waals surface area contributed by atoms with Crippen LogP contribution in [0.2, 0.25) is 0 Å². The standard InChI is InChI=1S/C15H21NO4/c1-16(14-10-20-9-13(14)15(17)18)7-11-4-3-5-12(6-11)8-19-2/h3-6,13-14H,7-10H2,1-2H3,(H,17,18). The first-order valence-corrected chi connectivity index (χ1v) is 6.69. The summed E-state index contributed by atoms with van der Waals surface area (Å²) in [6.45, 7) is 2.07. The predicted molar refractivity (Wildman–Crippen MR) is 74.4 cm³/mol. The highest BCUT2D eigenvalue weighted by Crippen LogP contribution is 2.21. The van der Waals surface area contributed by atoms with Crippen molar-refractivity contribution in [1.29, 1.82) is 0 Å². The van der Waals surface area contributed by atoms with Crippen molar-refractivity contribution in [3.05, 3.63) is 35.4 Å². The summed E-state index contributed by atoms with van der Waals surface area (Å²) < 4.78 is 10.4. The quantitative estimate of drug-likeness (QED) is 0.852. The Hall–Kier alpha value is -1.43. The molecule has 2 rings (SSSR count). The van der Waals surface area contributed by atoms with Crippen LogP contribution < -0.4 is 0 Å². The average molecular weight is 279 g/mol. The summed E-state index contributed by atoms with van der Waals surface area (Å²) in [5, 5.41) is 9.19. The van der Waals surface area contributed by atoms with Gasteiger partial charge in [-0.25, -0.2) is 0 Å². The summed E-state index contributed by atoms with van der Waals surface area (Å²) in [5.41, 5.74) is 2.27. The Bertz CT molecular complexity index is 463. The minimum atomic E-state index is -0.785. The molecule has 0 radical (unpaired) electrons. The lowest BCUT2D eigenvalue weighted by Crippen LogP contribution is -2.40. The van der Waals surface area contributed by atoms with Crippen molar-refractivity contribution in [3.63, 3.8) is 0 Å². The second-order valence-corrected chi connectivity index (χ2v) is 5.22. The second-order valence-electron chi connectivity index (χ2n) is 5.22. The first-order chi connectivity index (χ1) is 9.61. The maximum absolute atomic E-state index is 11.2. The number of hydrogen-bond donors (Lipinski definition) is 1. The molecule has 1 aromatic carbocycles. The molecule has 110 valence electrons. The highest BCUT2D eigenvalue weighted by Gasteiger charge is 2.36. The molecule has 5 nitrogen and oxygen atoms in total. The first-order valence-electron chi connectivity index (χ1n) is 6.69. The third kappa shape index (κ3) is 3.56. The molecule has 0 aromatic heterocycles. The van der Waals surface area contributed by atoms with Gasteiger partial charge in [0, 0.05) is 19.7 Å². The summed E-state index contributed by atoms with van der Waals surface area (Å²) in [5.74, 6) is -1.23. The topological polar surface area (TPSA) is 59.0 Å². The minimum Gasteiger partial charge on any atom is -0.481 e. The van der Waals surface area contributed by atoms with Gasteiger partial charge in [0.05, 0.1) is 25.7 Å². The molecule has 0 spiro atoms. The van der Waals surface area contributed by atoms with E-state index in [9.17, 15) is 9.90 Å². The van der Waals surface area contributed by atoms with Gasteiger partial charge in [-0.2, -0.15) is 0 Å². The number of rotatable bonds is 6. The third-order valence-electron chi connectivity index (χ3n) is 3.67. The molecule has 0 amide bonds. The minimum absolute atomic E-state index is 0.0708. The number of ether oxygens (including phenoxy) is 2. The van der Waals surface area contributed by atoms with Crippen LogP contribution in [0, 0.1) is 5.92 Å². The Morgan fingerprint density at radius 2 is 2.20 bits per heavy atom. The maximum Gasteiger partial charge on any atom is 0.310 e. The van der Waals surface area contributed by atoms with Crippen LogP contribution in [0.25, 0.3) is 0 Å². The maximum atomic E-state index is 11.2. The van der Waals surface area contributed by atoms with Gasteiger partial charge < -0.3 is 14.6 Å². The molecule has 1 aliphatic rings. The fraction of sp³-hybridized carbons (Fsp3) is 0.533. The van der Waals surface area contributed by atoms with E-state index in [1.807, 2.05) is 25.2 Å². The van der Waals surface area contributed by atoms with Gasteiger partial charge in [-0.05, 0) is 18.2 Å². The van der Waals surface area contributed by atoms with Crippen molar-refractivity contribution in [1.82, 2.24) is 4.90 Å². The fourth-order valence-electron chi connectivity index (χ4n) is 2.60. The molecule has 1 heterocycles. The largest absolute Gasteiger partial charge is 0.481 e. The molecule has 1 aromatic rings. The van der Waals surface area contributed by atoms with Gasteiger partial charge in [0.25, 0.3) is 0 Å². The average Bonchev–Trinajstić information content (AvgIpc) is 2.89. The molecular formula is C15H21NO4. The normalized spacial score (nSPS) is 22.4. The summed E-state index contributed by atoms with van der Waals surface area (Å²) in [7, 11) is 3.62. The zero-order chi connectivity index (χ0) is 14.5. The second kappa shape index (κ2) is 6.83. The number of aliphatic carboxylic acids is 1. The van der Waals surface area contributed by atoms with E-state index in [4.69, 9.17) is 9.47 Å². The van der Waals surface area contributed by atoms with Crippen molar-refractivity contribution in [2.45, 2.75) is 19.2 Å². The highest BCUT2D eigenvalue weighted by atomic mass is 16.5. The van der Waals surface area contributed by atoms with Crippen molar-refractivity contribution >= 4 is 5.97 Å². The van der Waals surface area contributed by atoms with E-state index < -0.39 is 11.9 Å². The molecule has 5 heteroatoms. The van der Waals surface area contributed by atoms with Gasteiger partial charge in [-0.1, -0.05) is 24.3 Å². The van der Waals surface area contributed by atoms with Gasteiger partial charge in [-0.15, -0.1) is 0 Å². The van der Waals surface area contributed by atoms with Gasteiger partial charge >= 0.3 is 5.97 Å². The lowest BCUT2D eigenvalue weighted by Gasteiger charge is -2.26. The number of benzene rings is 1. The van der Waals surface area contributed by atoms with Crippen LogP contribution in [-0.4, -0.2) is 49.4 Å². The van der Waals surface area contributed by atoms with Gasteiger partial charge in [0.2, 0.25) is 0 Å².